The van der Waals surface area contributed by atoms with E-state index >= 15 is 0 Å². The summed E-state index contributed by atoms with van der Waals surface area (Å²) in [5, 5.41) is 11.9. The average molecular weight is 415 g/mol. The summed E-state index contributed by atoms with van der Waals surface area (Å²) in [6.07, 6.45) is 0. The number of benzene rings is 3. The lowest BCUT2D eigenvalue weighted by Crippen LogP contribution is -2.22. The second kappa shape index (κ2) is 6.28. The number of hydrogen-bond donors (Lipinski definition) is 0. The molecule has 0 saturated carbocycles. The molecule has 2 heterocycles. The van der Waals surface area contributed by atoms with Gasteiger partial charge < -0.3 is 0 Å². The maximum Gasteiger partial charge on any atom is 0.219 e. The minimum absolute atomic E-state index is 0.0104. The topological polar surface area (TPSA) is 32.7 Å². The summed E-state index contributed by atoms with van der Waals surface area (Å²) < 4.78 is 0. The van der Waals surface area contributed by atoms with E-state index in [1.807, 2.05) is 46.8 Å². The number of halogens is 1. The van der Waals surface area contributed by atoms with Gasteiger partial charge in [0.15, 0.2) is 0 Å². The lowest BCUT2D eigenvalue weighted by molar-refractivity contribution is 0.106. The van der Waals surface area contributed by atoms with E-state index in [1.54, 1.807) is 0 Å². The largest absolute Gasteiger partial charge is 0.286 e. The van der Waals surface area contributed by atoms with Gasteiger partial charge in [-0.2, -0.15) is 5.10 Å². The lowest BCUT2D eigenvalue weighted by atomic mass is 9.89. The smallest absolute Gasteiger partial charge is 0.219 e. The van der Waals surface area contributed by atoms with E-state index in [0.717, 1.165) is 10.6 Å². The molecule has 3 nitrogen and oxygen atoms in total. The Labute approximate surface area is 176 Å². The van der Waals surface area contributed by atoms with Gasteiger partial charge in [-0.25, -0.2) is 0 Å². The van der Waals surface area contributed by atoms with Crippen LogP contribution in [0.15, 0.2) is 83.3 Å². The number of hydrogen-bond acceptors (Lipinski definition) is 4. The maximum atomic E-state index is 13.4. The predicted octanol–water partition coefficient (Wildman–Crippen LogP) is 6.45. The highest BCUT2D eigenvalue weighted by molar-refractivity contribution is 7.13. The first-order valence-electron chi connectivity index (χ1n) is 9.45. The molecule has 5 heteroatoms. The normalized spacial score (nSPS) is 19.5. The Kier molecular flexibility index (Phi) is 3.67. The van der Waals surface area contributed by atoms with Gasteiger partial charge >= 0.3 is 0 Å². The van der Waals surface area contributed by atoms with E-state index in [0.29, 0.717) is 10.7 Å². The molecule has 2 atom stereocenters. The van der Waals surface area contributed by atoms with Crippen LogP contribution < -0.4 is 5.01 Å². The Morgan fingerprint density at radius 1 is 0.931 bits per heavy atom. The first-order chi connectivity index (χ1) is 14.2. The van der Waals surface area contributed by atoms with Gasteiger partial charge in [0.25, 0.3) is 0 Å². The number of rotatable bonds is 3. The summed E-state index contributed by atoms with van der Waals surface area (Å²) in [6.45, 7) is 0. The van der Waals surface area contributed by atoms with Gasteiger partial charge in [-0.15, -0.1) is 11.3 Å². The van der Waals surface area contributed by atoms with E-state index in [9.17, 15) is 4.79 Å². The van der Waals surface area contributed by atoms with E-state index in [4.69, 9.17) is 16.7 Å². The van der Waals surface area contributed by atoms with Crippen molar-refractivity contribution in [3.8, 4) is 0 Å². The first-order valence-corrected chi connectivity index (χ1v) is 10.7. The van der Waals surface area contributed by atoms with Crippen molar-refractivity contribution in [1.82, 2.24) is 0 Å². The van der Waals surface area contributed by atoms with Crippen LogP contribution in [0.25, 0.3) is 10.8 Å². The molecule has 2 unspecified atom stereocenters. The monoisotopic (exact) mass is 414 g/mol. The molecule has 0 fully saturated rings. The molecule has 29 heavy (non-hydrogen) atoms. The SMILES string of the molecule is O=C(C1=NN(c2ccc(Cl)cc2)C2c3cccc4cccc(c34)C12)c1cccs1. The molecular formula is C24H15ClN2OS. The Morgan fingerprint density at radius 3 is 2.41 bits per heavy atom. The third kappa shape index (κ3) is 2.43. The number of carbonyl (C=O) groups excluding carboxylic acids is 1. The minimum Gasteiger partial charge on any atom is -0.286 e. The third-order valence-corrected chi connectivity index (χ3v) is 6.90. The summed E-state index contributed by atoms with van der Waals surface area (Å²) in [6, 6.07) is 24.1. The summed E-state index contributed by atoms with van der Waals surface area (Å²) >= 11 is 7.57. The van der Waals surface area contributed by atoms with Crippen LogP contribution in [0.1, 0.15) is 32.8 Å². The van der Waals surface area contributed by atoms with Crippen molar-refractivity contribution in [2.45, 2.75) is 12.0 Å². The van der Waals surface area contributed by atoms with E-state index < -0.39 is 0 Å². The zero-order valence-electron chi connectivity index (χ0n) is 15.2. The third-order valence-electron chi connectivity index (χ3n) is 5.78. The Balaban J connectivity index is 1.58. The van der Waals surface area contributed by atoms with Gasteiger partial charge in [-0.05, 0) is 57.6 Å². The minimum atomic E-state index is -0.0821. The zero-order chi connectivity index (χ0) is 19.5. The fourth-order valence-electron chi connectivity index (χ4n) is 4.60. The number of carbonyl (C=O) groups is 1. The van der Waals surface area contributed by atoms with Crippen LogP contribution in [0.5, 0.6) is 0 Å². The van der Waals surface area contributed by atoms with Gasteiger partial charge in [-0.3, -0.25) is 9.80 Å². The van der Waals surface area contributed by atoms with Crippen LogP contribution in [0, 0.1) is 0 Å². The fourth-order valence-corrected chi connectivity index (χ4v) is 5.40. The number of ketones is 1. The standard InChI is InChI=1S/C24H15ClN2OS/c25-15-9-11-16(12-10-15)27-23-18-7-2-5-14-4-1-6-17(20(14)18)21(23)22(26-27)24(28)19-8-3-13-29-19/h1-13,21,23H. The van der Waals surface area contributed by atoms with E-state index in [2.05, 4.69) is 36.4 Å². The molecule has 0 radical (unpaired) electrons. The van der Waals surface area contributed by atoms with E-state index in [1.165, 1.54) is 33.2 Å². The second-order valence-corrected chi connectivity index (χ2v) is 8.71. The average Bonchev–Trinajstić information content (AvgIpc) is 3.47. The van der Waals surface area contributed by atoms with Gasteiger partial charge in [0, 0.05) is 5.02 Å². The summed E-state index contributed by atoms with van der Waals surface area (Å²) in [7, 11) is 0. The summed E-state index contributed by atoms with van der Waals surface area (Å²) in [4.78, 5) is 14.1. The van der Waals surface area contributed by atoms with Crippen molar-refractivity contribution in [2.24, 2.45) is 5.10 Å². The number of hydrazone groups is 1. The first kappa shape index (κ1) is 17.0. The molecule has 0 saturated heterocycles. The second-order valence-electron chi connectivity index (χ2n) is 7.33. The Hall–Kier alpha value is -2.95. The Morgan fingerprint density at radius 2 is 1.69 bits per heavy atom. The summed E-state index contributed by atoms with van der Waals surface area (Å²) in [5.74, 6) is -0.0716. The molecule has 1 aromatic heterocycles. The van der Waals surface area contributed by atoms with Crippen LogP contribution in [0.3, 0.4) is 0 Å². The van der Waals surface area contributed by atoms with Crippen LogP contribution >= 0.6 is 22.9 Å². The highest BCUT2D eigenvalue weighted by Gasteiger charge is 2.48. The molecule has 0 amide bonds. The number of Topliss-reactive ketones (excluding diaryl/α,β-unsaturated/α-hetero) is 1. The molecule has 3 aromatic carbocycles. The molecule has 1 aliphatic heterocycles. The molecule has 2 aliphatic rings. The zero-order valence-corrected chi connectivity index (χ0v) is 16.8. The van der Waals surface area contributed by atoms with Gasteiger partial charge in [0.2, 0.25) is 5.78 Å². The van der Waals surface area contributed by atoms with Crippen molar-refractivity contribution in [3.63, 3.8) is 0 Å². The van der Waals surface area contributed by atoms with Gasteiger partial charge in [0.1, 0.15) is 5.71 Å². The number of fused-ring (bicyclic) bond motifs is 3. The van der Waals surface area contributed by atoms with Crippen molar-refractivity contribution in [1.29, 1.82) is 0 Å². The quantitative estimate of drug-likeness (QED) is 0.361. The van der Waals surface area contributed by atoms with Crippen molar-refractivity contribution in [3.05, 3.63) is 99.2 Å². The number of thiophene rings is 1. The molecule has 0 N–H and O–H groups in total. The highest BCUT2D eigenvalue weighted by atomic mass is 35.5. The number of anilines is 1. The Bertz CT molecular complexity index is 1290. The van der Waals surface area contributed by atoms with Crippen molar-refractivity contribution >= 4 is 50.9 Å². The summed E-state index contributed by atoms with van der Waals surface area (Å²) in [5.41, 5.74) is 3.94. The van der Waals surface area contributed by atoms with E-state index in [-0.39, 0.29) is 17.7 Å². The van der Waals surface area contributed by atoms with Crippen molar-refractivity contribution in [2.75, 3.05) is 5.01 Å². The molecule has 4 aromatic rings. The maximum absolute atomic E-state index is 13.4. The molecule has 0 spiro atoms. The fraction of sp³-hybridized carbons (Fsp3) is 0.0833. The van der Waals surface area contributed by atoms with Crippen LogP contribution in [0.2, 0.25) is 5.02 Å². The molecule has 6 rings (SSSR count). The van der Waals surface area contributed by atoms with Crippen LogP contribution in [0.4, 0.5) is 5.69 Å². The van der Waals surface area contributed by atoms with Crippen molar-refractivity contribution < 1.29 is 4.79 Å². The number of nitrogens with zero attached hydrogens (tertiary/aromatic N) is 2. The molecule has 140 valence electrons. The highest BCUT2D eigenvalue weighted by Crippen LogP contribution is 2.53. The van der Waals surface area contributed by atoms with Crippen LogP contribution in [-0.4, -0.2) is 11.5 Å². The molecule has 1 aliphatic carbocycles. The molecular weight excluding hydrogens is 400 g/mol. The van der Waals surface area contributed by atoms with Gasteiger partial charge in [-0.1, -0.05) is 54.1 Å². The predicted molar refractivity (Wildman–Crippen MR) is 119 cm³/mol. The van der Waals surface area contributed by atoms with Gasteiger partial charge in [0.05, 0.1) is 22.5 Å². The molecule has 0 bridgehead atoms. The van der Waals surface area contributed by atoms with Crippen LogP contribution in [-0.2, 0) is 0 Å². The lowest BCUT2D eigenvalue weighted by Gasteiger charge is -2.24.